The van der Waals surface area contributed by atoms with E-state index in [0.29, 0.717) is 19.0 Å². The maximum Gasteiger partial charge on any atom is 0.256 e. The van der Waals surface area contributed by atoms with E-state index in [9.17, 15) is 14.3 Å². The molecule has 0 spiro atoms. The van der Waals surface area contributed by atoms with Gasteiger partial charge in [-0.05, 0) is 36.5 Å². The van der Waals surface area contributed by atoms with Gasteiger partial charge in [-0.25, -0.2) is 4.39 Å². The van der Waals surface area contributed by atoms with Crippen molar-refractivity contribution in [1.82, 2.24) is 14.7 Å². The number of likely N-dealkylation sites (tertiary alicyclic amines) is 1. The van der Waals surface area contributed by atoms with Crippen LogP contribution in [0.15, 0.2) is 30.6 Å². The Hall–Kier alpha value is -2.37. The molecule has 22 heavy (non-hydrogen) atoms. The van der Waals surface area contributed by atoms with Crippen LogP contribution in [0.3, 0.4) is 0 Å². The summed E-state index contributed by atoms with van der Waals surface area (Å²) in [5.41, 5.74) is 1.16. The van der Waals surface area contributed by atoms with E-state index in [0.717, 1.165) is 24.5 Å². The number of rotatable bonds is 3. The largest absolute Gasteiger partial charge is 0.508 e. The standard InChI is InChI=1S/C16H18FN3O2/c1-19-9-12(8-18-19)6-11-4-5-20(10-11)16(22)14-3-2-13(21)7-15(14)17/h2-3,7-9,11,21H,4-6,10H2,1H3/t11-/m1/s1. The van der Waals surface area contributed by atoms with Gasteiger partial charge in [-0.3, -0.25) is 9.48 Å². The van der Waals surface area contributed by atoms with Crippen LogP contribution >= 0.6 is 0 Å². The molecule has 6 heteroatoms. The highest BCUT2D eigenvalue weighted by molar-refractivity contribution is 5.94. The highest BCUT2D eigenvalue weighted by Gasteiger charge is 2.28. The Balaban J connectivity index is 1.65. The fourth-order valence-corrected chi connectivity index (χ4v) is 2.94. The van der Waals surface area contributed by atoms with Gasteiger partial charge < -0.3 is 10.0 Å². The summed E-state index contributed by atoms with van der Waals surface area (Å²) >= 11 is 0. The summed E-state index contributed by atoms with van der Waals surface area (Å²) in [4.78, 5) is 14.0. The normalized spacial score (nSPS) is 17.9. The second-order valence-corrected chi connectivity index (χ2v) is 5.80. The molecule has 3 rings (SSSR count). The first-order valence-corrected chi connectivity index (χ1v) is 7.28. The van der Waals surface area contributed by atoms with E-state index >= 15 is 0 Å². The number of phenolic OH excluding ortho intramolecular Hbond substituents is 1. The molecule has 1 N–H and O–H groups in total. The van der Waals surface area contributed by atoms with E-state index in [1.165, 1.54) is 12.1 Å². The first-order valence-electron chi connectivity index (χ1n) is 7.28. The van der Waals surface area contributed by atoms with Crippen molar-refractivity contribution in [3.63, 3.8) is 0 Å². The number of carbonyl (C=O) groups is 1. The number of carbonyl (C=O) groups excluding carboxylic acids is 1. The molecule has 2 heterocycles. The zero-order valence-electron chi connectivity index (χ0n) is 12.4. The maximum atomic E-state index is 13.8. The first kappa shape index (κ1) is 14.6. The SMILES string of the molecule is Cn1cc(C[C@H]2CCN(C(=O)c3ccc(O)cc3F)C2)cn1. The van der Waals surface area contributed by atoms with Crippen LogP contribution in [0.1, 0.15) is 22.3 Å². The van der Waals surface area contributed by atoms with Gasteiger partial charge in [0, 0.05) is 32.4 Å². The smallest absolute Gasteiger partial charge is 0.256 e. The van der Waals surface area contributed by atoms with Crippen LogP contribution in [0.5, 0.6) is 5.75 Å². The van der Waals surface area contributed by atoms with Gasteiger partial charge in [0.1, 0.15) is 11.6 Å². The van der Waals surface area contributed by atoms with Gasteiger partial charge in [-0.1, -0.05) is 0 Å². The highest BCUT2D eigenvalue weighted by atomic mass is 19.1. The van der Waals surface area contributed by atoms with Crippen LogP contribution < -0.4 is 0 Å². The van der Waals surface area contributed by atoms with Crippen molar-refractivity contribution in [3.8, 4) is 5.75 Å². The second-order valence-electron chi connectivity index (χ2n) is 5.80. The number of amides is 1. The number of phenols is 1. The minimum atomic E-state index is -0.680. The van der Waals surface area contributed by atoms with E-state index in [1.807, 2.05) is 19.4 Å². The lowest BCUT2D eigenvalue weighted by Gasteiger charge is -2.17. The summed E-state index contributed by atoms with van der Waals surface area (Å²) in [5, 5.41) is 13.4. The molecule has 1 saturated heterocycles. The van der Waals surface area contributed by atoms with Crippen LogP contribution in [0, 0.1) is 11.7 Å². The average Bonchev–Trinajstić information content (AvgIpc) is 3.08. The number of aryl methyl sites for hydroxylation is 1. The Morgan fingerprint density at radius 1 is 1.50 bits per heavy atom. The quantitative estimate of drug-likeness (QED) is 0.943. The summed E-state index contributed by atoms with van der Waals surface area (Å²) in [5.74, 6) is -0.801. The summed E-state index contributed by atoms with van der Waals surface area (Å²) < 4.78 is 15.5. The van der Waals surface area contributed by atoms with Crippen LogP contribution in [-0.2, 0) is 13.5 Å². The molecule has 1 aromatic carbocycles. The molecule has 1 amide bonds. The molecule has 0 aliphatic carbocycles. The Bertz CT molecular complexity index is 698. The van der Waals surface area contributed by atoms with Crippen molar-refractivity contribution < 1.29 is 14.3 Å². The average molecular weight is 303 g/mol. The van der Waals surface area contributed by atoms with Crippen molar-refractivity contribution in [3.05, 3.63) is 47.5 Å². The lowest BCUT2D eigenvalue weighted by Crippen LogP contribution is -2.29. The van der Waals surface area contributed by atoms with E-state index in [1.54, 1.807) is 9.58 Å². The topological polar surface area (TPSA) is 58.4 Å². The zero-order chi connectivity index (χ0) is 15.7. The molecule has 1 fully saturated rings. The summed E-state index contributed by atoms with van der Waals surface area (Å²) in [6, 6.07) is 3.64. The van der Waals surface area contributed by atoms with Crippen LogP contribution in [0.4, 0.5) is 4.39 Å². The van der Waals surface area contributed by atoms with Gasteiger partial charge in [0.25, 0.3) is 5.91 Å². The van der Waals surface area contributed by atoms with Crippen molar-refractivity contribution in [2.75, 3.05) is 13.1 Å². The summed E-state index contributed by atoms with van der Waals surface area (Å²) in [6.07, 6.45) is 5.59. The Morgan fingerprint density at radius 3 is 3.00 bits per heavy atom. The molecule has 1 atom stereocenters. The van der Waals surface area contributed by atoms with E-state index in [2.05, 4.69) is 5.10 Å². The predicted octanol–water partition coefficient (Wildman–Crippen LogP) is 1.97. The third-order valence-corrected chi connectivity index (χ3v) is 4.04. The van der Waals surface area contributed by atoms with Crippen LogP contribution in [0.2, 0.25) is 0 Å². The third-order valence-electron chi connectivity index (χ3n) is 4.04. The Kier molecular flexibility index (Phi) is 3.83. The number of aromatic hydroxyl groups is 1. The zero-order valence-corrected chi connectivity index (χ0v) is 12.4. The van der Waals surface area contributed by atoms with Gasteiger partial charge in [0.05, 0.1) is 11.8 Å². The minimum absolute atomic E-state index is 0.0137. The van der Waals surface area contributed by atoms with E-state index in [4.69, 9.17) is 0 Å². The minimum Gasteiger partial charge on any atom is -0.508 e. The predicted molar refractivity (Wildman–Crippen MR) is 79.0 cm³/mol. The van der Waals surface area contributed by atoms with E-state index < -0.39 is 5.82 Å². The molecular formula is C16H18FN3O2. The fourth-order valence-electron chi connectivity index (χ4n) is 2.94. The number of aromatic nitrogens is 2. The third kappa shape index (κ3) is 2.95. The molecule has 1 aliphatic rings. The van der Waals surface area contributed by atoms with Crippen LogP contribution in [-0.4, -0.2) is 38.8 Å². The Labute approximate surface area is 128 Å². The fraction of sp³-hybridized carbons (Fsp3) is 0.375. The second kappa shape index (κ2) is 5.79. The molecule has 0 radical (unpaired) electrons. The molecular weight excluding hydrogens is 285 g/mol. The lowest BCUT2D eigenvalue weighted by molar-refractivity contribution is 0.0782. The summed E-state index contributed by atoms with van der Waals surface area (Å²) in [6.45, 7) is 1.25. The lowest BCUT2D eigenvalue weighted by atomic mass is 10.0. The maximum absolute atomic E-state index is 13.8. The summed E-state index contributed by atoms with van der Waals surface area (Å²) in [7, 11) is 1.88. The first-order chi connectivity index (χ1) is 10.5. The number of hydrogen-bond acceptors (Lipinski definition) is 3. The highest BCUT2D eigenvalue weighted by Crippen LogP contribution is 2.24. The number of benzene rings is 1. The van der Waals surface area contributed by atoms with Gasteiger partial charge in [0.2, 0.25) is 0 Å². The number of halogens is 1. The molecule has 116 valence electrons. The van der Waals surface area contributed by atoms with Gasteiger partial charge in [-0.2, -0.15) is 5.10 Å². The number of hydrogen-bond donors (Lipinski definition) is 1. The van der Waals surface area contributed by atoms with Crippen molar-refractivity contribution >= 4 is 5.91 Å². The van der Waals surface area contributed by atoms with Gasteiger partial charge in [0.15, 0.2) is 0 Å². The number of nitrogens with zero attached hydrogens (tertiary/aromatic N) is 3. The van der Waals surface area contributed by atoms with E-state index in [-0.39, 0.29) is 17.2 Å². The van der Waals surface area contributed by atoms with Crippen LogP contribution in [0.25, 0.3) is 0 Å². The van der Waals surface area contributed by atoms with Gasteiger partial charge in [-0.15, -0.1) is 0 Å². The molecule has 1 aliphatic heterocycles. The molecule has 1 aromatic heterocycles. The molecule has 0 saturated carbocycles. The van der Waals surface area contributed by atoms with Crippen molar-refractivity contribution in [2.45, 2.75) is 12.8 Å². The molecule has 2 aromatic rings. The van der Waals surface area contributed by atoms with Crippen molar-refractivity contribution in [1.29, 1.82) is 0 Å². The molecule has 5 nitrogen and oxygen atoms in total. The molecule has 0 unspecified atom stereocenters. The van der Waals surface area contributed by atoms with Gasteiger partial charge >= 0.3 is 0 Å². The van der Waals surface area contributed by atoms with Crippen molar-refractivity contribution in [2.24, 2.45) is 13.0 Å². The Morgan fingerprint density at radius 2 is 2.32 bits per heavy atom. The molecule has 0 bridgehead atoms. The monoisotopic (exact) mass is 303 g/mol.